The first-order chi connectivity index (χ1) is 10.5. The summed E-state index contributed by atoms with van der Waals surface area (Å²) in [5.41, 5.74) is 3.53. The van der Waals surface area contributed by atoms with E-state index in [1.165, 1.54) is 0 Å². The highest BCUT2D eigenvalue weighted by Gasteiger charge is 2.13. The summed E-state index contributed by atoms with van der Waals surface area (Å²) in [5.74, 6) is 1.28. The van der Waals surface area contributed by atoms with Gasteiger partial charge in [0.2, 0.25) is 0 Å². The van der Waals surface area contributed by atoms with Crippen molar-refractivity contribution in [3.8, 4) is 17.6 Å². The molecule has 0 aliphatic carbocycles. The normalized spacial score (nSPS) is 10.0. The molecule has 0 saturated carbocycles. The predicted molar refractivity (Wildman–Crippen MR) is 89.0 cm³/mol. The Morgan fingerprint density at radius 2 is 1.73 bits per heavy atom. The number of nitriles is 1. The molecule has 0 aliphatic heterocycles. The van der Waals surface area contributed by atoms with Crippen LogP contribution in [0.4, 0.5) is 11.4 Å². The van der Waals surface area contributed by atoms with Crippen LogP contribution in [0, 0.1) is 25.2 Å². The zero-order valence-electron chi connectivity index (χ0n) is 12.8. The molecule has 0 saturated heterocycles. The van der Waals surface area contributed by atoms with Crippen LogP contribution >= 0.6 is 15.9 Å². The van der Waals surface area contributed by atoms with Crippen molar-refractivity contribution in [2.45, 2.75) is 13.8 Å². The van der Waals surface area contributed by atoms with Crippen molar-refractivity contribution in [3.63, 3.8) is 0 Å². The van der Waals surface area contributed by atoms with Gasteiger partial charge >= 0.3 is 0 Å². The second-order valence-electron chi connectivity index (χ2n) is 4.70. The molecule has 1 aromatic carbocycles. The molecule has 1 heterocycles. The van der Waals surface area contributed by atoms with Gasteiger partial charge in [0.1, 0.15) is 22.0 Å². The van der Waals surface area contributed by atoms with Crippen molar-refractivity contribution >= 4 is 27.3 Å². The van der Waals surface area contributed by atoms with Crippen molar-refractivity contribution < 1.29 is 9.47 Å². The highest BCUT2D eigenvalue weighted by molar-refractivity contribution is 9.10. The molecule has 0 spiro atoms. The van der Waals surface area contributed by atoms with Crippen molar-refractivity contribution in [1.82, 2.24) is 4.98 Å². The van der Waals surface area contributed by atoms with E-state index in [2.05, 4.69) is 32.3 Å². The number of aromatic nitrogens is 1. The van der Waals surface area contributed by atoms with Crippen LogP contribution in [0.5, 0.6) is 11.5 Å². The maximum absolute atomic E-state index is 9.33. The van der Waals surface area contributed by atoms with Gasteiger partial charge in [0, 0.05) is 23.5 Å². The highest BCUT2D eigenvalue weighted by Crippen LogP contribution is 2.38. The summed E-state index contributed by atoms with van der Waals surface area (Å²) >= 11 is 3.43. The van der Waals surface area contributed by atoms with Gasteiger partial charge in [0.25, 0.3) is 0 Å². The predicted octanol–water partition coefficient (Wildman–Crippen LogP) is 4.09. The number of ether oxygens (including phenoxy) is 2. The van der Waals surface area contributed by atoms with E-state index in [-0.39, 0.29) is 0 Å². The van der Waals surface area contributed by atoms with Crippen LogP contribution in [0.2, 0.25) is 0 Å². The van der Waals surface area contributed by atoms with Crippen LogP contribution in [0.15, 0.2) is 22.7 Å². The summed E-state index contributed by atoms with van der Waals surface area (Å²) in [6.45, 7) is 3.71. The van der Waals surface area contributed by atoms with Gasteiger partial charge in [-0.15, -0.1) is 0 Å². The number of hydrogen-bond acceptors (Lipinski definition) is 5. The Balaban J connectivity index is 2.50. The van der Waals surface area contributed by atoms with Crippen molar-refractivity contribution in [3.05, 3.63) is 39.6 Å². The maximum Gasteiger partial charge on any atom is 0.138 e. The maximum atomic E-state index is 9.33. The number of rotatable bonds is 4. The number of benzene rings is 1. The van der Waals surface area contributed by atoms with Gasteiger partial charge in [0.05, 0.1) is 31.2 Å². The molecule has 5 nitrogen and oxygen atoms in total. The zero-order valence-corrected chi connectivity index (χ0v) is 14.4. The van der Waals surface area contributed by atoms with Crippen LogP contribution in [-0.4, -0.2) is 19.2 Å². The minimum Gasteiger partial charge on any atom is -0.495 e. The van der Waals surface area contributed by atoms with E-state index in [9.17, 15) is 5.26 Å². The average Bonchev–Trinajstić information content (AvgIpc) is 2.48. The van der Waals surface area contributed by atoms with Gasteiger partial charge in [-0.05, 0) is 35.8 Å². The van der Waals surface area contributed by atoms with Crippen LogP contribution in [0.3, 0.4) is 0 Å². The Hall–Kier alpha value is -2.26. The second kappa shape index (κ2) is 6.67. The second-order valence-corrected chi connectivity index (χ2v) is 5.50. The Bertz CT molecular complexity index is 729. The Labute approximate surface area is 138 Å². The van der Waals surface area contributed by atoms with Crippen LogP contribution in [0.25, 0.3) is 0 Å². The summed E-state index contributed by atoms with van der Waals surface area (Å²) in [5, 5.41) is 12.6. The monoisotopic (exact) mass is 361 g/mol. The van der Waals surface area contributed by atoms with Gasteiger partial charge in [-0.25, -0.2) is 0 Å². The van der Waals surface area contributed by atoms with Crippen molar-refractivity contribution in [2.24, 2.45) is 0 Å². The number of halogens is 1. The summed E-state index contributed by atoms with van der Waals surface area (Å²) in [6, 6.07) is 7.69. The van der Waals surface area contributed by atoms with Crippen LogP contribution in [0.1, 0.15) is 17.0 Å². The summed E-state index contributed by atoms with van der Waals surface area (Å²) in [4.78, 5) is 4.31. The minimum absolute atomic E-state index is 0.520. The highest BCUT2D eigenvalue weighted by atomic mass is 79.9. The lowest BCUT2D eigenvalue weighted by Gasteiger charge is -2.14. The number of anilines is 2. The molecule has 1 aromatic heterocycles. The van der Waals surface area contributed by atoms with Gasteiger partial charge in [-0.2, -0.15) is 5.26 Å². The molecule has 114 valence electrons. The topological polar surface area (TPSA) is 67.2 Å². The largest absolute Gasteiger partial charge is 0.495 e. The Kier molecular flexibility index (Phi) is 4.88. The van der Waals surface area contributed by atoms with E-state index < -0.39 is 0 Å². The smallest absolute Gasteiger partial charge is 0.138 e. The fourth-order valence-corrected chi connectivity index (χ4v) is 2.72. The first kappa shape index (κ1) is 16.1. The molecule has 6 heteroatoms. The third kappa shape index (κ3) is 3.15. The van der Waals surface area contributed by atoms with E-state index in [1.54, 1.807) is 14.2 Å². The number of hydrogen-bond donors (Lipinski definition) is 1. The Morgan fingerprint density at radius 3 is 2.23 bits per heavy atom. The minimum atomic E-state index is 0.520. The van der Waals surface area contributed by atoms with Gasteiger partial charge in [-0.1, -0.05) is 0 Å². The number of nitrogens with zero attached hydrogens (tertiary/aromatic N) is 2. The summed E-state index contributed by atoms with van der Waals surface area (Å²) in [6.07, 6.45) is 0. The first-order valence-electron chi connectivity index (χ1n) is 6.57. The van der Waals surface area contributed by atoms with Gasteiger partial charge < -0.3 is 14.8 Å². The van der Waals surface area contributed by atoms with E-state index in [0.717, 1.165) is 15.9 Å². The molecule has 2 aromatic rings. The third-order valence-corrected chi connectivity index (χ3v) is 3.95. The molecule has 0 aliphatic rings. The lowest BCUT2D eigenvalue weighted by Crippen LogP contribution is -2.00. The number of nitrogens with one attached hydrogen (secondary N) is 1. The van der Waals surface area contributed by atoms with E-state index in [1.807, 2.05) is 32.0 Å². The first-order valence-corrected chi connectivity index (χ1v) is 7.36. The van der Waals surface area contributed by atoms with E-state index in [0.29, 0.717) is 28.4 Å². The van der Waals surface area contributed by atoms with E-state index >= 15 is 0 Å². The molecular weight excluding hydrogens is 346 g/mol. The molecule has 22 heavy (non-hydrogen) atoms. The molecule has 1 N–H and O–H groups in total. The Morgan fingerprint density at radius 1 is 1.14 bits per heavy atom. The molecule has 0 bridgehead atoms. The SMILES string of the molecule is COc1cc(Nc2cc(C)nc(C)c2C#N)cc(OC)c1Br. The lowest BCUT2D eigenvalue weighted by atomic mass is 10.1. The molecule has 0 amide bonds. The molecule has 0 unspecified atom stereocenters. The number of pyridine rings is 1. The molecule has 0 fully saturated rings. The standard InChI is InChI=1S/C16H16BrN3O2/c1-9-5-13(12(8-18)10(2)19-9)20-11-6-14(21-3)16(17)15(7-11)22-4/h5-7H,1-4H3,(H,19,20). The van der Waals surface area contributed by atoms with Gasteiger partial charge in [0.15, 0.2) is 0 Å². The van der Waals surface area contributed by atoms with Gasteiger partial charge in [-0.3, -0.25) is 4.98 Å². The van der Waals surface area contributed by atoms with Crippen molar-refractivity contribution in [1.29, 1.82) is 5.26 Å². The molecule has 0 atom stereocenters. The summed E-state index contributed by atoms with van der Waals surface area (Å²) < 4.78 is 11.4. The number of aryl methyl sites for hydroxylation is 2. The summed E-state index contributed by atoms with van der Waals surface area (Å²) in [7, 11) is 3.18. The van der Waals surface area contributed by atoms with Crippen LogP contribution < -0.4 is 14.8 Å². The van der Waals surface area contributed by atoms with Crippen LogP contribution in [-0.2, 0) is 0 Å². The molecular formula is C16H16BrN3O2. The van der Waals surface area contributed by atoms with Crippen molar-refractivity contribution in [2.75, 3.05) is 19.5 Å². The lowest BCUT2D eigenvalue weighted by molar-refractivity contribution is 0.390. The fraction of sp³-hybridized carbons (Fsp3) is 0.250. The van der Waals surface area contributed by atoms with E-state index in [4.69, 9.17) is 9.47 Å². The quantitative estimate of drug-likeness (QED) is 0.887. The average molecular weight is 362 g/mol. The molecule has 2 rings (SSSR count). The molecule has 0 radical (unpaired) electrons. The fourth-order valence-electron chi connectivity index (χ4n) is 2.17. The number of methoxy groups -OCH3 is 2. The third-order valence-electron chi connectivity index (χ3n) is 3.16. The zero-order chi connectivity index (χ0) is 16.3.